The molecule has 0 aliphatic rings. The van der Waals surface area contributed by atoms with Gasteiger partial charge in [-0.2, -0.15) is 0 Å². The van der Waals surface area contributed by atoms with Gasteiger partial charge in [0.25, 0.3) is 0 Å². The average Bonchev–Trinajstić information content (AvgIpc) is 2.30. The number of hydrogen-bond acceptors (Lipinski definition) is 5. The van der Waals surface area contributed by atoms with Gasteiger partial charge in [-0.1, -0.05) is 0 Å². The minimum Gasteiger partial charge on any atom is -0.480 e. The molecular formula is C10H20N2O5. The number of ether oxygens (including phenoxy) is 2. The Morgan fingerprint density at radius 2 is 2.06 bits per heavy atom. The van der Waals surface area contributed by atoms with E-state index in [1.54, 1.807) is 0 Å². The first-order chi connectivity index (χ1) is 8.04. The third-order valence-corrected chi connectivity index (χ3v) is 2.24. The standard InChI is InChI=1S/C10H20N2O5/c1-16-4-3-12(7-10(14)15)9(13)5-8(6-11)17-2/h8H,3-7,11H2,1-2H3,(H,14,15). The first kappa shape index (κ1) is 15.8. The zero-order valence-electron chi connectivity index (χ0n) is 10.2. The van der Waals surface area contributed by atoms with Gasteiger partial charge in [-0.15, -0.1) is 0 Å². The van der Waals surface area contributed by atoms with Gasteiger partial charge in [-0.3, -0.25) is 9.59 Å². The van der Waals surface area contributed by atoms with Crippen LogP contribution in [0.25, 0.3) is 0 Å². The molecule has 0 bridgehead atoms. The molecule has 100 valence electrons. The van der Waals surface area contributed by atoms with Crippen molar-refractivity contribution in [2.24, 2.45) is 5.73 Å². The molecule has 3 N–H and O–H groups in total. The average molecular weight is 248 g/mol. The first-order valence-electron chi connectivity index (χ1n) is 5.26. The van der Waals surface area contributed by atoms with Crippen LogP contribution in [0.2, 0.25) is 0 Å². The molecule has 1 unspecified atom stereocenters. The molecule has 17 heavy (non-hydrogen) atoms. The summed E-state index contributed by atoms with van der Waals surface area (Å²) in [5.41, 5.74) is 5.40. The van der Waals surface area contributed by atoms with E-state index in [0.717, 1.165) is 0 Å². The number of aliphatic carboxylic acids is 1. The highest BCUT2D eigenvalue weighted by atomic mass is 16.5. The van der Waals surface area contributed by atoms with Crippen LogP contribution >= 0.6 is 0 Å². The summed E-state index contributed by atoms with van der Waals surface area (Å²) in [5.74, 6) is -1.36. The fourth-order valence-corrected chi connectivity index (χ4v) is 1.24. The molecule has 0 radical (unpaired) electrons. The maximum absolute atomic E-state index is 11.8. The Kier molecular flexibility index (Phi) is 8.29. The molecule has 0 aromatic heterocycles. The van der Waals surface area contributed by atoms with Crippen molar-refractivity contribution >= 4 is 11.9 Å². The van der Waals surface area contributed by atoms with Crippen molar-refractivity contribution in [3.8, 4) is 0 Å². The van der Waals surface area contributed by atoms with Gasteiger partial charge >= 0.3 is 5.97 Å². The number of carboxylic acids is 1. The van der Waals surface area contributed by atoms with Gasteiger partial charge in [0.15, 0.2) is 0 Å². The Morgan fingerprint density at radius 1 is 1.41 bits per heavy atom. The van der Waals surface area contributed by atoms with Gasteiger partial charge < -0.3 is 25.2 Å². The van der Waals surface area contributed by atoms with Crippen molar-refractivity contribution in [1.82, 2.24) is 4.90 Å². The molecule has 1 atom stereocenters. The normalized spacial score (nSPS) is 12.2. The fourth-order valence-electron chi connectivity index (χ4n) is 1.24. The molecule has 0 rings (SSSR count). The molecule has 7 heteroatoms. The van der Waals surface area contributed by atoms with E-state index < -0.39 is 5.97 Å². The van der Waals surface area contributed by atoms with E-state index in [0.29, 0.717) is 6.61 Å². The fraction of sp³-hybridized carbons (Fsp3) is 0.800. The van der Waals surface area contributed by atoms with E-state index in [1.807, 2.05) is 0 Å². The van der Waals surface area contributed by atoms with E-state index in [1.165, 1.54) is 19.1 Å². The number of methoxy groups -OCH3 is 2. The minimum absolute atomic E-state index is 0.0734. The highest BCUT2D eigenvalue weighted by Crippen LogP contribution is 2.01. The SMILES string of the molecule is COCCN(CC(=O)O)C(=O)CC(CN)OC. The molecule has 0 aromatic rings. The quantitative estimate of drug-likeness (QED) is 0.537. The van der Waals surface area contributed by atoms with Crippen molar-refractivity contribution in [2.45, 2.75) is 12.5 Å². The predicted molar refractivity (Wildman–Crippen MR) is 60.6 cm³/mol. The molecule has 1 amide bonds. The van der Waals surface area contributed by atoms with E-state index >= 15 is 0 Å². The summed E-state index contributed by atoms with van der Waals surface area (Å²) in [5, 5.41) is 8.69. The summed E-state index contributed by atoms with van der Waals surface area (Å²) >= 11 is 0. The van der Waals surface area contributed by atoms with Crippen molar-refractivity contribution in [3.63, 3.8) is 0 Å². The van der Waals surface area contributed by atoms with Crippen molar-refractivity contribution in [2.75, 3.05) is 40.5 Å². The molecule has 7 nitrogen and oxygen atoms in total. The summed E-state index contributed by atoms with van der Waals surface area (Å²) < 4.78 is 9.80. The summed E-state index contributed by atoms with van der Waals surface area (Å²) in [6, 6.07) is 0. The Hall–Kier alpha value is -1.18. The van der Waals surface area contributed by atoms with Crippen LogP contribution < -0.4 is 5.73 Å². The van der Waals surface area contributed by atoms with Crippen molar-refractivity contribution < 1.29 is 24.2 Å². The van der Waals surface area contributed by atoms with Gasteiger partial charge in [0, 0.05) is 27.3 Å². The summed E-state index contributed by atoms with van der Waals surface area (Å²) in [4.78, 5) is 23.6. The lowest BCUT2D eigenvalue weighted by Gasteiger charge is -2.22. The van der Waals surface area contributed by atoms with E-state index in [-0.39, 0.29) is 38.1 Å². The summed E-state index contributed by atoms with van der Waals surface area (Å²) in [6.45, 7) is 0.401. The highest BCUT2D eigenvalue weighted by molar-refractivity contribution is 5.81. The van der Waals surface area contributed by atoms with Crippen molar-refractivity contribution in [1.29, 1.82) is 0 Å². The Bertz CT molecular complexity index is 243. The lowest BCUT2D eigenvalue weighted by Crippen LogP contribution is -2.40. The highest BCUT2D eigenvalue weighted by Gasteiger charge is 2.19. The molecule has 0 spiro atoms. The third-order valence-electron chi connectivity index (χ3n) is 2.24. The topological polar surface area (TPSA) is 102 Å². The van der Waals surface area contributed by atoms with Gasteiger partial charge in [0.1, 0.15) is 6.54 Å². The molecular weight excluding hydrogens is 228 g/mol. The lowest BCUT2D eigenvalue weighted by molar-refractivity contribution is -0.145. The number of nitrogens with two attached hydrogens (primary N) is 1. The zero-order valence-corrected chi connectivity index (χ0v) is 10.2. The minimum atomic E-state index is -1.06. The smallest absolute Gasteiger partial charge is 0.323 e. The predicted octanol–water partition coefficient (Wildman–Crippen LogP) is -1.09. The second-order valence-electron chi connectivity index (χ2n) is 3.50. The monoisotopic (exact) mass is 248 g/mol. The number of rotatable bonds is 9. The number of hydrogen-bond donors (Lipinski definition) is 2. The van der Waals surface area contributed by atoms with Gasteiger partial charge in [-0.05, 0) is 0 Å². The maximum Gasteiger partial charge on any atom is 0.323 e. The molecule has 0 fully saturated rings. The lowest BCUT2D eigenvalue weighted by atomic mass is 10.2. The van der Waals surface area contributed by atoms with E-state index in [9.17, 15) is 9.59 Å². The Labute approximate surface area is 100 Å². The van der Waals surface area contributed by atoms with Crippen LogP contribution in [0.5, 0.6) is 0 Å². The van der Waals surface area contributed by atoms with Crippen LogP contribution in [0.3, 0.4) is 0 Å². The number of amides is 1. The number of carboxylic acid groups (broad SMARTS) is 1. The van der Waals surface area contributed by atoms with Crippen molar-refractivity contribution in [3.05, 3.63) is 0 Å². The second-order valence-corrected chi connectivity index (χ2v) is 3.50. The van der Waals surface area contributed by atoms with Gasteiger partial charge in [0.05, 0.1) is 19.1 Å². The molecule has 0 heterocycles. The van der Waals surface area contributed by atoms with Crippen LogP contribution in [-0.2, 0) is 19.1 Å². The largest absolute Gasteiger partial charge is 0.480 e. The first-order valence-corrected chi connectivity index (χ1v) is 5.26. The molecule has 0 aromatic carbocycles. The van der Waals surface area contributed by atoms with Gasteiger partial charge in [0.2, 0.25) is 5.91 Å². The third kappa shape index (κ3) is 6.88. The second kappa shape index (κ2) is 8.91. The van der Waals surface area contributed by atoms with E-state index in [4.69, 9.17) is 20.3 Å². The van der Waals surface area contributed by atoms with Crippen LogP contribution in [0.15, 0.2) is 0 Å². The van der Waals surface area contributed by atoms with Crippen LogP contribution in [0, 0.1) is 0 Å². The summed E-state index contributed by atoms with van der Waals surface area (Å²) in [7, 11) is 2.95. The number of carbonyl (C=O) groups excluding carboxylic acids is 1. The molecule has 0 aliphatic carbocycles. The van der Waals surface area contributed by atoms with E-state index in [2.05, 4.69) is 0 Å². The van der Waals surface area contributed by atoms with Crippen LogP contribution in [-0.4, -0.2) is 68.4 Å². The van der Waals surface area contributed by atoms with Gasteiger partial charge in [-0.25, -0.2) is 0 Å². The molecule has 0 aliphatic heterocycles. The number of nitrogens with zero attached hydrogens (tertiary/aromatic N) is 1. The maximum atomic E-state index is 11.8. The molecule has 0 saturated heterocycles. The van der Waals surface area contributed by atoms with Crippen LogP contribution in [0.4, 0.5) is 0 Å². The van der Waals surface area contributed by atoms with Crippen LogP contribution in [0.1, 0.15) is 6.42 Å². The summed E-state index contributed by atoms with van der Waals surface area (Å²) in [6.07, 6.45) is -0.314. The zero-order chi connectivity index (χ0) is 13.3. The number of carbonyl (C=O) groups is 2. The Morgan fingerprint density at radius 3 is 2.47 bits per heavy atom. The molecule has 0 saturated carbocycles. The Balaban J connectivity index is 4.34.